The molecule has 1 aliphatic rings. The molecule has 0 aliphatic carbocycles. The van der Waals surface area contributed by atoms with Gasteiger partial charge in [0.1, 0.15) is 11.9 Å². The SMILES string of the molecule is COC(=O)c1cc(OC2CCN(C(=O)O)CC2)ccc1C(F)(F)F. The van der Waals surface area contributed by atoms with Crippen molar-refractivity contribution < 1.29 is 37.3 Å². The maximum Gasteiger partial charge on any atom is 0.417 e. The molecule has 1 N–H and O–H groups in total. The molecule has 1 amide bonds. The number of hydrogen-bond donors (Lipinski definition) is 1. The summed E-state index contributed by atoms with van der Waals surface area (Å²) in [5, 5.41) is 8.87. The molecule has 2 rings (SSSR count). The van der Waals surface area contributed by atoms with Crippen LogP contribution in [-0.4, -0.2) is 48.4 Å². The molecule has 0 bridgehead atoms. The number of carboxylic acid groups (broad SMARTS) is 1. The van der Waals surface area contributed by atoms with E-state index in [9.17, 15) is 22.8 Å². The van der Waals surface area contributed by atoms with Crippen LogP contribution < -0.4 is 4.74 Å². The number of ether oxygens (including phenoxy) is 2. The summed E-state index contributed by atoms with van der Waals surface area (Å²) in [6, 6.07) is 2.91. The van der Waals surface area contributed by atoms with Gasteiger partial charge in [0.25, 0.3) is 0 Å². The number of halogens is 3. The molecule has 0 unspecified atom stereocenters. The van der Waals surface area contributed by atoms with Crippen molar-refractivity contribution in [3.05, 3.63) is 29.3 Å². The van der Waals surface area contributed by atoms with E-state index in [1.807, 2.05) is 0 Å². The lowest BCUT2D eigenvalue weighted by Crippen LogP contribution is -2.41. The minimum atomic E-state index is -4.69. The largest absolute Gasteiger partial charge is 0.490 e. The van der Waals surface area contributed by atoms with E-state index < -0.39 is 29.4 Å². The molecule has 1 heterocycles. The highest BCUT2D eigenvalue weighted by molar-refractivity contribution is 5.91. The quantitative estimate of drug-likeness (QED) is 0.851. The molecule has 1 aromatic carbocycles. The summed E-state index contributed by atoms with van der Waals surface area (Å²) < 4.78 is 48.8. The van der Waals surface area contributed by atoms with Gasteiger partial charge in [0.15, 0.2) is 0 Å². The Kier molecular flexibility index (Phi) is 5.20. The third-order valence-electron chi connectivity index (χ3n) is 3.72. The maximum absolute atomic E-state index is 12.9. The highest BCUT2D eigenvalue weighted by Crippen LogP contribution is 2.34. The summed E-state index contributed by atoms with van der Waals surface area (Å²) in [6.07, 6.45) is -5.20. The lowest BCUT2D eigenvalue weighted by atomic mass is 10.1. The summed E-state index contributed by atoms with van der Waals surface area (Å²) in [5.74, 6) is -0.995. The Morgan fingerprint density at radius 1 is 1.25 bits per heavy atom. The molecule has 1 aromatic rings. The minimum Gasteiger partial charge on any atom is -0.490 e. The van der Waals surface area contributed by atoms with Crippen LogP contribution in [0.3, 0.4) is 0 Å². The summed E-state index contributed by atoms with van der Waals surface area (Å²) >= 11 is 0. The third kappa shape index (κ3) is 4.09. The van der Waals surface area contributed by atoms with Crippen LogP contribution in [0.1, 0.15) is 28.8 Å². The van der Waals surface area contributed by atoms with Crippen molar-refractivity contribution in [2.45, 2.75) is 25.1 Å². The van der Waals surface area contributed by atoms with Crippen molar-refractivity contribution >= 4 is 12.1 Å². The lowest BCUT2D eigenvalue weighted by molar-refractivity contribution is -0.138. The van der Waals surface area contributed by atoms with Crippen LogP contribution in [0.25, 0.3) is 0 Å². The number of likely N-dealkylation sites (tertiary alicyclic amines) is 1. The van der Waals surface area contributed by atoms with Gasteiger partial charge in [-0.3, -0.25) is 0 Å². The smallest absolute Gasteiger partial charge is 0.417 e. The summed E-state index contributed by atoms with van der Waals surface area (Å²) in [7, 11) is 0.998. The van der Waals surface area contributed by atoms with Crippen LogP contribution in [0.4, 0.5) is 18.0 Å². The minimum absolute atomic E-state index is 0.108. The van der Waals surface area contributed by atoms with Gasteiger partial charge in [-0.1, -0.05) is 0 Å². The first kappa shape index (κ1) is 17.9. The Bertz CT molecular complexity index is 624. The van der Waals surface area contributed by atoms with E-state index in [1.165, 1.54) is 4.90 Å². The zero-order chi connectivity index (χ0) is 17.9. The summed E-state index contributed by atoms with van der Waals surface area (Å²) in [5.41, 5.74) is -1.71. The number of amides is 1. The lowest BCUT2D eigenvalue weighted by Gasteiger charge is -2.30. The van der Waals surface area contributed by atoms with Crippen LogP contribution >= 0.6 is 0 Å². The average Bonchev–Trinajstić information content (AvgIpc) is 2.53. The van der Waals surface area contributed by atoms with Crippen molar-refractivity contribution in [3.63, 3.8) is 0 Å². The van der Waals surface area contributed by atoms with E-state index in [2.05, 4.69) is 4.74 Å². The van der Waals surface area contributed by atoms with Crippen LogP contribution in [0.15, 0.2) is 18.2 Å². The van der Waals surface area contributed by atoms with Crippen molar-refractivity contribution in [2.24, 2.45) is 0 Å². The van der Waals surface area contributed by atoms with E-state index >= 15 is 0 Å². The average molecular weight is 347 g/mol. The Balaban J connectivity index is 2.15. The first-order chi connectivity index (χ1) is 11.2. The van der Waals surface area contributed by atoms with Gasteiger partial charge in [-0.2, -0.15) is 13.2 Å². The molecule has 24 heavy (non-hydrogen) atoms. The molecule has 1 saturated heterocycles. The van der Waals surface area contributed by atoms with Gasteiger partial charge in [0.05, 0.1) is 18.2 Å². The van der Waals surface area contributed by atoms with Crippen LogP contribution in [0.5, 0.6) is 5.75 Å². The number of nitrogens with zero attached hydrogens (tertiary/aromatic N) is 1. The molecule has 0 atom stereocenters. The number of rotatable bonds is 3. The predicted molar refractivity (Wildman–Crippen MR) is 76.0 cm³/mol. The highest BCUT2D eigenvalue weighted by Gasteiger charge is 2.36. The van der Waals surface area contributed by atoms with Crippen molar-refractivity contribution in [1.29, 1.82) is 0 Å². The molecule has 0 saturated carbocycles. The zero-order valence-electron chi connectivity index (χ0n) is 12.8. The number of piperidine rings is 1. The standard InChI is InChI=1S/C15H16F3NO5/c1-23-13(20)11-8-10(2-3-12(11)15(16,17)18)24-9-4-6-19(7-5-9)14(21)22/h2-3,8-9H,4-7H2,1H3,(H,21,22). The summed E-state index contributed by atoms with van der Waals surface area (Å²) in [6.45, 7) is 0.564. The monoisotopic (exact) mass is 347 g/mol. The topological polar surface area (TPSA) is 76.1 Å². The van der Waals surface area contributed by atoms with E-state index in [4.69, 9.17) is 9.84 Å². The molecular formula is C15H16F3NO5. The second kappa shape index (κ2) is 6.98. The Hall–Kier alpha value is -2.45. The van der Waals surface area contributed by atoms with Crippen molar-refractivity contribution in [2.75, 3.05) is 20.2 Å². The van der Waals surface area contributed by atoms with Gasteiger partial charge in [-0.05, 0) is 18.2 Å². The first-order valence-corrected chi connectivity index (χ1v) is 7.16. The van der Waals surface area contributed by atoms with Crippen LogP contribution in [0.2, 0.25) is 0 Å². The maximum atomic E-state index is 12.9. The molecule has 1 fully saturated rings. The van der Waals surface area contributed by atoms with E-state index in [0.29, 0.717) is 12.8 Å². The molecular weight excluding hydrogens is 331 g/mol. The fraction of sp³-hybridized carbons (Fsp3) is 0.467. The molecule has 1 aliphatic heterocycles. The van der Waals surface area contributed by atoms with Crippen LogP contribution in [0, 0.1) is 0 Å². The highest BCUT2D eigenvalue weighted by atomic mass is 19.4. The second-order valence-electron chi connectivity index (χ2n) is 5.28. The fourth-order valence-electron chi connectivity index (χ4n) is 2.48. The van der Waals surface area contributed by atoms with Gasteiger partial charge in [0.2, 0.25) is 0 Å². The molecule has 0 spiro atoms. The van der Waals surface area contributed by atoms with Gasteiger partial charge in [-0.25, -0.2) is 9.59 Å². The van der Waals surface area contributed by atoms with E-state index in [1.54, 1.807) is 0 Å². The number of methoxy groups -OCH3 is 1. The van der Waals surface area contributed by atoms with Gasteiger partial charge >= 0.3 is 18.2 Å². The molecule has 0 radical (unpaired) electrons. The van der Waals surface area contributed by atoms with Gasteiger partial charge in [0, 0.05) is 25.9 Å². The second-order valence-corrected chi connectivity index (χ2v) is 5.28. The molecule has 132 valence electrons. The van der Waals surface area contributed by atoms with E-state index in [-0.39, 0.29) is 24.9 Å². The van der Waals surface area contributed by atoms with Crippen LogP contribution in [-0.2, 0) is 10.9 Å². The molecule has 6 nitrogen and oxygen atoms in total. The number of alkyl halides is 3. The number of carbonyl (C=O) groups excluding carboxylic acids is 1. The van der Waals surface area contributed by atoms with E-state index in [0.717, 1.165) is 25.3 Å². The van der Waals surface area contributed by atoms with Gasteiger partial charge in [-0.15, -0.1) is 0 Å². The Morgan fingerprint density at radius 3 is 2.38 bits per heavy atom. The third-order valence-corrected chi connectivity index (χ3v) is 3.72. The van der Waals surface area contributed by atoms with Gasteiger partial charge < -0.3 is 19.5 Å². The predicted octanol–water partition coefficient (Wildman–Crippen LogP) is 3.01. The normalized spacial score (nSPS) is 15.9. The molecule has 0 aromatic heterocycles. The number of benzene rings is 1. The first-order valence-electron chi connectivity index (χ1n) is 7.16. The Labute approximate surface area is 135 Å². The number of carbonyl (C=O) groups is 2. The van der Waals surface area contributed by atoms with Crippen molar-refractivity contribution in [1.82, 2.24) is 4.90 Å². The number of esters is 1. The van der Waals surface area contributed by atoms with Crippen molar-refractivity contribution in [3.8, 4) is 5.75 Å². The fourth-order valence-corrected chi connectivity index (χ4v) is 2.48. The number of hydrogen-bond acceptors (Lipinski definition) is 4. The summed E-state index contributed by atoms with van der Waals surface area (Å²) in [4.78, 5) is 23.7. The Morgan fingerprint density at radius 2 is 1.88 bits per heavy atom. The zero-order valence-corrected chi connectivity index (χ0v) is 12.8. The molecule has 9 heteroatoms.